The molecule has 3 rings (SSSR count). The summed E-state index contributed by atoms with van der Waals surface area (Å²) < 4.78 is 5.25. The maximum Gasteiger partial charge on any atom is 0.339 e. The molecule has 0 radical (unpaired) electrons. The smallest absolute Gasteiger partial charge is 0.339 e. The number of aryl methyl sites for hydroxylation is 1. The summed E-state index contributed by atoms with van der Waals surface area (Å²) in [6.45, 7) is 5.00. The number of amides is 1. The lowest BCUT2D eigenvalue weighted by atomic mass is 10.1. The normalized spacial score (nSPS) is 14.6. The topological polar surface area (TPSA) is 102 Å². The van der Waals surface area contributed by atoms with Crippen molar-refractivity contribution in [1.82, 2.24) is 0 Å². The summed E-state index contributed by atoms with van der Waals surface area (Å²) in [7, 11) is 0. The van der Waals surface area contributed by atoms with E-state index in [1.54, 1.807) is 18.2 Å². The van der Waals surface area contributed by atoms with Crippen molar-refractivity contribution in [3.05, 3.63) is 63.7 Å². The first-order chi connectivity index (χ1) is 14.9. The van der Waals surface area contributed by atoms with Crippen LogP contribution in [0.1, 0.15) is 49.0 Å². The van der Waals surface area contributed by atoms with Crippen LogP contribution in [0.3, 0.4) is 0 Å². The Hall–Kier alpha value is -3.42. The number of anilines is 2. The van der Waals surface area contributed by atoms with E-state index in [1.165, 1.54) is 19.1 Å². The minimum atomic E-state index is -1.06. The van der Waals surface area contributed by atoms with Gasteiger partial charge in [0.1, 0.15) is 5.69 Å². The molecule has 31 heavy (non-hydrogen) atoms. The molecule has 0 spiro atoms. The van der Waals surface area contributed by atoms with E-state index in [-0.39, 0.29) is 11.3 Å². The van der Waals surface area contributed by atoms with Gasteiger partial charge in [0.2, 0.25) is 0 Å². The third-order valence-corrected chi connectivity index (χ3v) is 5.39. The Balaban J connectivity index is 1.67. The highest BCUT2D eigenvalue weighted by molar-refractivity contribution is 5.97. The molecule has 0 unspecified atom stereocenters. The zero-order valence-electron chi connectivity index (χ0n) is 17.8. The fourth-order valence-electron chi connectivity index (χ4n) is 3.55. The molecule has 2 aromatic rings. The molecule has 1 amide bonds. The van der Waals surface area contributed by atoms with Crippen molar-refractivity contribution in [3.8, 4) is 0 Å². The summed E-state index contributed by atoms with van der Waals surface area (Å²) in [5, 5.41) is 14.3. The molecule has 0 saturated carbocycles. The maximum absolute atomic E-state index is 12.5. The van der Waals surface area contributed by atoms with E-state index in [1.807, 2.05) is 24.0 Å². The van der Waals surface area contributed by atoms with Crippen molar-refractivity contribution in [1.29, 1.82) is 0 Å². The maximum atomic E-state index is 12.5. The number of nitrogens with one attached hydrogen (secondary N) is 1. The minimum Gasteiger partial charge on any atom is -0.449 e. The predicted octanol–water partition coefficient (Wildman–Crippen LogP) is 4.33. The van der Waals surface area contributed by atoms with E-state index in [0.29, 0.717) is 11.4 Å². The number of carbonyl (C=O) groups is 2. The molecule has 1 heterocycles. The van der Waals surface area contributed by atoms with Crippen LogP contribution in [0, 0.1) is 10.1 Å². The quantitative estimate of drug-likeness (QED) is 0.402. The molecule has 0 aromatic heterocycles. The van der Waals surface area contributed by atoms with Crippen molar-refractivity contribution >= 4 is 28.9 Å². The highest BCUT2D eigenvalue weighted by Gasteiger charge is 2.25. The van der Waals surface area contributed by atoms with Crippen LogP contribution < -0.4 is 10.2 Å². The molecule has 164 valence electrons. The lowest BCUT2D eigenvalue weighted by Gasteiger charge is -2.28. The SMILES string of the molecule is CCc1ccc(NC(=O)[C@H](C)OC(=O)c2ccc(N3CCCCC3)c([N+](=O)[O-])c2)cc1. The number of nitrogens with zero attached hydrogens (tertiary/aromatic N) is 2. The van der Waals surface area contributed by atoms with Crippen LogP contribution in [0.2, 0.25) is 0 Å². The van der Waals surface area contributed by atoms with Gasteiger partial charge in [0.05, 0.1) is 10.5 Å². The van der Waals surface area contributed by atoms with Gasteiger partial charge in [-0.1, -0.05) is 19.1 Å². The van der Waals surface area contributed by atoms with Gasteiger partial charge in [-0.3, -0.25) is 14.9 Å². The number of carbonyl (C=O) groups excluding carboxylic acids is 2. The van der Waals surface area contributed by atoms with Gasteiger partial charge in [0.15, 0.2) is 6.10 Å². The Kier molecular flexibility index (Phi) is 7.23. The van der Waals surface area contributed by atoms with Gasteiger partial charge < -0.3 is 15.0 Å². The van der Waals surface area contributed by atoms with E-state index in [2.05, 4.69) is 5.32 Å². The lowest BCUT2D eigenvalue weighted by molar-refractivity contribution is -0.384. The molecule has 1 aliphatic rings. The van der Waals surface area contributed by atoms with Gasteiger partial charge in [0, 0.05) is 24.8 Å². The van der Waals surface area contributed by atoms with Crippen molar-refractivity contribution < 1.29 is 19.2 Å². The monoisotopic (exact) mass is 425 g/mol. The number of nitro groups is 1. The van der Waals surface area contributed by atoms with Crippen molar-refractivity contribution in [2.45, 2.75) is 45.6 Å². The van der Waals surface area contributed by atoms with Crippen LogP contribution in [0.15, 0.2) is 42.5 Å². The third kappa shape index (κ3) is 5.59. The van der Waals surface area contributed by atoms with Gasteiger partial charge in [-0.2, -0.15) is 0 Å². The van der Waals surface area contributed by atoms with Gasteiger partial charge in [-0.25, -0.2) is 4.79 Å². The van der Waals surface area contributed by atoms with Crippen molar-refractivity contribution in [3.63, 3.8) is 0 Å². The number of esters is 1. The van der Waals surface area contributed by atoms with E-state index < -0.39 is 22.9 Å². The highest BCUT2D eigenvalue weighted by atomic mass is 16.6. The summed E-state index contributed by atoms with van der Waals surface area (Å²) in [5.41, 5.74) is 2.16. The fourth-order valence-corrected chi connectivity index (χ4v) is 3.55. The molecule has 2 aromatic carbocycles. The number of rotatable bonds is 7. The number of hydrogen-bond acceptors (Lipinski definition) is 6. The number of benzene rings is 2. The molecule has 8 heteroatoms. The molecular weight excluding hydrogens is 398 g/mol. The number of ether oxygens (including phenoxy) is 1. The number of piperidine rings is 1. The third-order valence-electron chi connectivity index (χ3n) is 5.39. The van der Waals surface area contributed by atoms with Crippen molar-refractivity contribution in [2.75, 3.05) is 23.3 Å². The Labute approximate surface area is 181 Å². The molecule has 8 nitrogen and oxygen atoms in total. The number of nitro benzene ring substituents is 1. The second-order valence-electron chi connectivity index (χ2n) is 7.60. The molecule has 1 atom stereocenters. The Morgan fingerprint density at radius 3 is 2.42 bits per heavy atom. The van der Waals surface area contributed by atoms with Crippen molar-refractivity contribution in [2.24, 2.45) is 0 Å². The predicted molar refractivity (Wildman–Crippen MR) is 118 cm³/mol. The summed E-state index contributed by atoms with van der Waals surface area (Å²) in [6, 6.07) is 11.7. The summed E-state index contributed by atoms with van der Waals surface area (Å²) in [6.07, 6.45) is 2.91. The molecule has 1 N–H and O–H groups in total. The fraction of sp³-hybridized carbons (Fsp3) is 0.391. The molecule has 0 aliphatic carbocycles. The standard InChI is InChI=1S/C23H27N3O5/c1-3-17-7-10-19(11-8-17)24-22(27)16(2)31-23(28)18-9-12-20(21(15-18)26(29)30)25-13-5-4-6-14-25/h7-12,15-16H,3-6,13-14H2,1-2H3,(H,24,27)/t16-/m0/s1. The average Bonchev–Trinajstić information content (AvgIpc) is 2.79. The van der Waals surface area contributed by atoms with Gasteiger partial charge >= 0.3 is 5.97 Å². The molecule has 0 bridgehead atoms. The molecule has 1 aliphatic heterocycles. The van der Waals surface area contributed by atoms with E-state index in [0.717, 1.165) is 44.3 Å². The van der Waals surface area contributed by atoms with Crippen LogP contribution >= 0.6 is 0 Å². The van der Waals surface area contributed by atoms with Gasteiger partial charge in [0.25, 0.3) is 11.6 Å². The number of hydrogen-bond donors (Lipinski definition) is 1. The zero-order valence-corrected chi connectivity index (χ0v) is 17.8. The molecule has 1 fully saturated rings. The van der Waals surface area contributed by atoms with Crippen LogP contribution in [0.5, 0.6) is 0 Å². The Morgan fingerprint density at radius 2 is 1.81 bits per heavy atom. The lowest BCUT2D eigenvalue weighted by Crippen LogP contribution is -2.31. The van der Waals surface area contributed by atoms with Crippen LogP contribution in [-0.2, 0) is 16.0 Å². The van der Waals surface area contributed by atoms with Gasteiger partial charge in [-0.15, -0.1) is 0 Å². The molecule has 1 saturated heterocycles. The second-order valence-corrected chi connectivity index (χ2v) is 7.60. The Bertz CT molecular complexity index is 952. The first-order valence-electron chi connectivity index (χ1n) is 10.5. The van der Waals surface area contributed by atoms with E-state index in [4.69, 9.17) is 4.74 Å². The first-order valence-corrected chi connectivity index (χ1v) is 10.5. The second kappa shape index (κ2) is 10.1. The Morgan fingerprint density at radius 1 is 1.13 bits per heavy atom. The minimum absolute atomic E-state index is 0.0411. The largest absolute Gasteiger partial charge is 0.449 e. The molecular formula is C23H27N3O5. The summed E-state index contributed by atoms with van der Waals surface area (Å²) >= 11 is 0. The summed E-state index contributed by atoms with van der Waals surface area (Å²) in [4.78, 5) is 37.9. The highest BCUT2D eigenvalue weighted by Crippen LogP contribution is 2.31. The average molecular weight is 425 g/mol. The van der Waals surface area contributed by atoms with E-state index >= 15 is 0 Å². The van der Waals surface area contributed by atoms with Crippen LogP contribution in [-0.4, -0.2) is 36.0 Å². The van der Waals surface area contributed by atoms with Gasteiger partial charge in [-0.05, 0) is 62.4 Å². The zero-order chi connectivity index (χ0) is 22.4. The summed E-state index contributed by atoms with van der Waals surface area (Å²) in [5.74, 6) is -1.26. The van der Waals surface area contributed by atoms with Crippen LogP contribution in [0.25, 0.3) is 0 Å². The van der Waals surface area contributed by atoms with Crippen LogP contribution in [0.4, 0.5) is 17.1 Å². The van der Waals surface area contributed by atoms with E-state index in [9.17, 15) is 19.7 Å². The first kappa shape index (κ1) is 22.3.